The molecule has 11 heteroatoms. The summed E-state index contributed by atoms with van der Waals surface area (Å²) in [4.78, 5) is 5.84. The third kappa shape index (κ3) is 3.69. The molecule has 2 aliphatic heterocycles. The molecule has 0 radical (unpaired) electrons. The number of nitrogen functional groups attached to an aromatic ring is 1. The SMILES string of the molecule is CNCCCC1(O)c2ccc(c(F)c2F)-n2nnnc2-c2cc(cnc2N)-c2cccc(c2)N1C. The highest BCUT2D eigenvalue weighted by Gasteiger charge is 2.38. The van der Waals surface area contributed by atoms with Gasteiger partial charge in [0.25, 0.3) is 0 Å². The lowest BCUT2D eigenvalue weighted by Gasteiger charge is -2.40. The number of nitrogens with two attached hydrogens (primary N) is 1. The number of hydrogen-bond acceptors (Lipinski definition) is 8. The lowest BCUT2D eigenvalue weighted by molar-refractivity contribution is 0.0226. The van der Waals surface area contributed by atoms with Gasteiger partial charge in [0.15, 0.2) is 23.2 Å². The van der Waals surface area contributed by atoms with Gasteiger partial charge in [0.05, 0.1) is 5.56 Å². The summed E-state index contributed by atoms with van der Waals surface area (Å²) < 4.78 is 32.3. The van der Waals surface area contributed by atoms with Gasteiger partial charge < -0.3 is 21.1 Å². The molecule has 180 valence electrons. The Morgan fingerprint density at radius 1 is 1.11 bits per heavy atom. The molecular formula is C24H24F2N8O. The van der Waals surface area contributed by atoms with Crippen LogP contribution in [0, 0.1) is 11.6 Å². The van der Waals surface area contributed by atoms with E-state index < -0.39 is 17.4 Å². The van der Waals surface area contributed by atoms with Gasteiger partial charge in [-0.1, -0.05) is 12.1 Å². The first-order valence-electron chi connectivity index (χ1n) is 11.1. The minimum absolute atomic E-state index is 0.109. The second kappa shape index (κ2) is 8.67. The van der Waals surface area contributed by atoms with Crippen LogP contribution >= 0.6 is 0 Å². The number of aromatic nitrogens is 5. The first kappa shape index (κ1) is 22.8. The number of halogens is 2. The summed E-state index contributed by atoms with van der Waals surface area (Å²) in [6.07, 6.45) is 2.28. The lowest BCUT2D eigenvalue weighted by atomic mass is 9.93. The molecule has 9 nitrogen and oxygen atoms in total. The van der Waals surface area contributed by atoms with E-state index >= 15 is 8.78 Å². The van der Waals surface area contributed by atoms with E-state index in [-0.39, 0.29) is 29.3 Å². The van der Waals surface area contributed by atoms with Crippen LogP contribution in [0.1, 0.15) is 18.4 Å². The number of fused-ring (bicyclic) bond motifs is 3. The van der Waals surface area contributed by atoms with E-state index in [1.807, 2.05) is 18.2 Å². The van der Waals surface area contributed by atoms with E-state index in [1.54, 1.807) is 37.3 Å². The van der Waals surface area contributed by atoms with Crippen LogP contribution in [0.4, 0.5) is 20.3 Å². The van der Waals surface area contributed by atoms with Crippen molar-refractivity contribution in [1.82, 2.24) is 30.5 Å². The molecule has 0 saturated carbocycles. The highest BCUT2D eigenvalue weighted by Crippen LogP contribution is 2.39. The van der Waals surface area contributed by atoms with Crippen LogP contribution in [0.2, 0.25) is 0 Å². The van der Waals surface area contributed by atoms with Crippen molar-refractivity contribution in [2.75, 3.05) is 31.3 Å². The topological polar surface area (TPSA) is 118 Å². The van der Waals surface area contributed by atoms with Gasteiger partial charge in [0.2, 0.25) is 0 Å². The Kier molecular flexibility index (Phi) is 5.65. The third-order valence-electron chi connectivity index (χ3n) is 6.42. The highest BCUT2D eigenvalue weighted by molar-refractivity contribution is 5.78. The average molecular weight is 479 g/mol. The summed E-state index contributed by atoms with van der Waals surface area (Å²) in [5.41, 5.74) is 6.37. The maximum Gasteiger partial charge on any atom is 0.190 e. The van der Waals surface area contributed by atoms with Crippen LogP contribution in [-0.2, 0) is 5.72 Å². The van der Waals surface area contributed by atoms with Crippen LogP contribution in [0.3, 0.4) is 0 Å². The average Bonchev–Trinajstić information content (AvgIpc) is 3.34. The largest absolute Gasteiger partial charge is 0.383 e. The first-order chi connectivity index (χ1) is 16.8. The predicted octanol–water partition coefficient (Wildman–Crippen LogP) is 2.85. The minimum Gasteiger partial charge on any atom is -0.383 e. The number of nitrogens with one attached hydrogen (secondary N) is 1. The Bertz CT molecular complexity index is 1410. The van der Waals surface area contributed by atoms with Gasteiger partial charge in [-0.15, -0.1) is 5.10 Å². The van der Waals surface area contributed by atoms with Gasteiger partial charge in [0, 0.05) is 36.5 Å². The summed E-state index contributed by atoms with van der Waals surface area (Å²) in [6, 6.07) is 11.8. The summed E-state index contributed by atoms with van der Waals surface area (Å²) in [5.74, 6) is -2.13. The van der Waals surface area contributed by atoms with Crippen molar-refractivity contribution < 1.29 is 13.9 Å². The molecule has 2 aromatic carbocycles. The van der Waals surface area contributed by atoms with Crippen molar-refractivity contribution >= 4 is 11.5 Å². The van der Waals surface area contributed by atoms with Gasteiger partial charge >= 0.3 is 0 Å². The zero-order valence-corrected chi connectivity index (χ0v) is 19.2. The van der Waals surface area contributed by atoms with Crippen LogP contribution in [0.5, 0.6) is 0 Å². The number of tetrazole rings is 1. The molecule has 0 spiro atoms. The molecule has 0 saturated heterocycles. The summed E-state index contributed by atoms with van der Waals surface area (Å²) in [5, 5.41) is 26.4. The molecule has 6 rings (SSSR count). The van der Waals surface area contributed by atoms with Crippen molar-refractivity contribution in [2.24, 2.45) is 0 Å². The van der Waals surface area contributed by atoms with Gasteiger partial charge in [-0.25, -0.2) is 13.8 Å². The van der Waals surface area contributed by atoms with Gasteiger partial charge in [-0.2, -0.15) is 4.68 Å². The first-order valence-corrected chi connectivity index (χ1v) is 11.1. The molecule has 2 aliphatic rings. The van der Waals surface area contributed by atoms with Crippen LogP contribution in [0.25, 0.3) is 28.2 Å². The van der Waals surface area contributed by atoms with E-state index in [2.05, 4.69) is 25.8 Å². The van der Waals surface area contributed by atoms with Crippen molar-refractivity contribution in [3.63, 3.8) is 0 Å². The van der Waals surface area contributed by atoms with Gasteiger partial charge in [-0.05, 0) is 66.3 Å². The number of nitrogens with zero attached hydrogens (tertiary/aromatic N) is 6. The molecule has 1 atom stereocenters. The van der Waals surface area contributed by atoms with Gasteiger partial charge in [0.1, 0.15) is 11.5 Å². The second-order valence-corrected chi connectivity index (χ2v) is 8.46. The highest BCUT2D eigenvalue weighted by atomic mass is 19.2. The number of pyridine rings is 1. The van der Waals surface area contributed by atoms with Crippen LogP contribution < -0.4 is 16.0 Å². The molecule has 0 aliphatic carbocycles. The van der Waals surface area contributed by atoms with E-state index in [4.69, 9.17) is 5.73 Å². The number of benzene rings is 2. The maximum atomic E-state index is 15.7. The van der Waals surface area contributed by atoms with Crippen molar-refractivity contribution in [3.8, 4) is 28.2 Å². The lowest BCUT2D eigenvalue weighted by Crippen LogP contribution is -2.45. The monoisotopic (exact) mass is 478 g/mol. The predicted molar refractivity (Wildman–Crippen MR) is 128 cm³/mol. The molecule has 4 aromatic rings. The normalized spacial score (nSPS) is 16.8. The zero-order chi connectivity index (χ0) is 24.7. The van der Waals surface area contributed by atoms with E-state index in [9.17, 15) is 5.11 Å². The fourth-order valence-corrected chi connectivity index (χ4v) is 4.44. The summed E-state index contributed by atoms with van der Waals surface area (Å²) in [7, 11) is 3.44. The number of rotatable bonds is 4. The Labute approximate surface area is 200 Å². The van der Waals surface area contributed by atoms with Crippen molar-refractivity contribution in [3.05, 3.63) is 65.9 Å². The smallest absolute Gasteiger partial charge is 0.190 e. The molecule has 4 N–H and O–H groups in total. The van der Waals surface area contributed by atoms with Gasteiger partial charge in [-0.3, -0.25) is 0 Å². The molecule has 0 amide bonds. The fraction of sp³-hybridized carbons (Fsp3) is 0.250. The molecule has 6 bridgehead atoms. The summed E-state index contributed by atoms with van der Waals surface area (Å²) >= 11 is 0. The fourth-order valence-electron chi connectivity index (χ4n) is 4.44. The Morgan fingerprint density at radius 3 is 2.74 bits per heavy atom. The Hall–Kier alpha value is -3.96. The second-order valence-electron chi connectivity index (χ2n) is 8.46. The molecule has 0 fully saturated rings. The standard InChI is InChI=1S/C24H24F2N8O/c1-28-10-4-9-24(35)18-7-8-19(21(26)20(18)25)34-23(30-31-32-34)17-12-15(13-29-22(17)27)14-5-3-6-16(11-14)33(24)2/h3,5-8,11-13,28,35H,4,9-10H2,1-2H3,(H2,27,29). The van der Waals surface area contributed by atoms with Crippen LogP contribution in [0.15, 0.2) is 48.7 Å². The zero-order valence-electron chi connectivity index (χ0n) is 19.2. The number of anilines is 2. The number of hydrogen-bond donors (Lipinski definition) is 3. The van der Waals surface area contributed by atoms with Crippen molar-refractivity contribution in [1.29, 1.82) is 0 Å². The molecule has 4 heterocycles. The van der Waals surface area contributed by atoms with Crippen LogP contribution in [-0.4, -0.2) is 50.9 Å². The number of aliphatic hydroxyl groups is 1. The third-order valence-corrected chi connectivity index (χ3v) is 6.42. The maximum absolute atomic E-state index is 15.7. The Morgan fingerprint density at radius 2 is 1.94 bits per heavy atom. The van der Waals surface area contributed by atoms with E-state index in [1.165, 1.54) is 12.1 Å². The van der Waals surface area contributed by atoms with E-state index in [0.717, 1.165) is 15.8 Å². The quantitative estimate of drug-likeness (QED) is 0.383. The summed E-state index contributed by atoms with van der Waals surface area (Å²) in [6.45, 7) is 0.590. The molecule has 2 aromatic heterocycles. The molecule has 1 unspecified atom stereocenters. The Balaban J connectivity index is 1.83. The molecular weight excluding hydrogens is 454 g/mol. The van der Waals surface area contributed by atoms with Crippen molar-refractivity contribution in [2.45, 2.75) is 18.6 Å². The molecule has 35 heavy (non-hydrogen) atoms. The van der Waals surface area contributed by atoms with E-state index in [0.29, 0.717) is 24.2 Å². The minimum atomic E-state index is -1.84.